The summed E-state index contributed by atoms with van der Waals surface area (Å²) in [6, 6.07) is 21.8. The normalized spacial score (nSPS) is 15.3. The smallest absolute Gasteiger partial charge is 0.379 e. The molecule has 0 radical (unpaired) electrons. The number of piperidine rings is 1. The van der Waals surface area contributed by atoms with Gasteiger partial charge in [0.1, 0.15) is 11.4 Å². The van der Waals surface area contributed by atoms with Crippen LogP contribution in [0.3, 0.4) is 0 Å². The summed E-state index contributed by atoms with van der Waals surface area (Å²) in [5.41, 5.74) is 2.97. The summed E-state index contributed by atoms with van der Waals surface area (Å²) in [7, 11) is 1.44. The fourth-order valence-electron chi connectivity index (χ4n) is 5.58. The van der Waals surface area contributed by atoms with Crippen molar-refractivity contribution in [3.63, 3.8) is 0 Å². The van der Waals surface area contributed by atoms with Crippen molar-refractivity contribution in [1.82, 2.24) is 20.2 Å². The van der Waals surface area contributed by atoms with Gasteiger partial charge in [0, 0.05) is 49.7 Å². The summed E-state index contributed by atoms with van der Waals surface area (Å²) in [6.07, 6.45) is -0.701. The van der Waals surface area contributed by atoms with E-state index in [4.69, 9.17) is 0 Å². The third-order valence-electron chi connectivity index (χ3n) is 8.06. The molecule has 1 aliphatic rings. The molecule has 47 heavy (non-hydrogen) atoms. The maximum Gasteiger partial charge on any atom is 0.421 e. The Hall–Kier alpha value is -5.39. The van der Waals surface area contributed by atoms with Crippen molar-refractivity contribution in [2.24, 2.45) is 0 Å². The van der Waals surface area contributed by atoms with Crippen LogP contribution in [-0.4, -0.2) is 46.8 Å². The Morgan fingerprint density at radius 2 is 1.79 bits per heavy atom. The molecule has 4 aromatic rings. The van der Waals surface area contributed by atoms with Gasteiger partial charge in [-0.3, -0.25) is 9.59 Å². The topological polar surface area (TPSA) is 111 Å². The van der Waals surface area contributed by atoms with Gasteiger partial charge in [-0.1, -0.05) is 43.0 Å². The number of rotatable bonds is 10. The molecule has 5 rings (SSSR count). The lowest BCUT2D eigenvalue weighted by Gasteiger charge is -2.32. The molecule has 2 amide bonds. The Morgan fingerprint density at radius 3 is 2.51 bits per heavy atom. The van der Waals surface area contributed by atoms with E-state index in [0.717, 1.165) is 30.6 Å². The van der Waals surface area contributed by atoms with Gasteiger partial charge < -0.3 is 26.2 Å². The minimum atomic E-state index is -4.73. The molecule has 9 nitrogen and oxygen atoms in total. The average Bonchev–Trinajstić information content (AvgIpc) is 3.08. The first-order chi connectivity index (χ1) is 22.5. The third-order valence-corrected chi connectivity index (χ3v) is 8.06. The second-order valence-electron chi connectivity index (χ2n) is 11.3. The Labute approximate surface area is 271 Å². The van der Waals surface area contributed by atoms with Gasteiger partial charge in [0.05, 0.1) is 11.3 Å². The van der Waals surface area contributed by atoms with E-state index in [2.05, 4.69) is 49.9 Å². The van der Waals surface area contributed by atoms with E-state index in [1.54, 1.807) is 24.3 Å². The second kappa shape index (κ2) is 14.4. The van der Waals surface area contributed by atoms with Crippen LogP contribution in [0.25, 0.3) is 0 Å². The van der Waals surface area contributed by atoms with Crippen LogP contribution in [0.15, 0.2) is 91.6 Å². The van der Waals surface area contributed by atoms with E-state index >= 15 is 0 Å². The van der Waals surface area contributed by atoms with E-state index < -0.39 is 23.5 Å². The molecule has 12 heteroatoms. The van der Waals surface area contributed by atoms with Gasteiger partial charge in [-0.05, 0) is 73.4 Å². The molecule has 1 aromatic heterocycles. The molecular formula is C35H36F3N7O2. The lowest BCUT2D eigenvalue weighted by molar-refractivity contribution is -0.137. The van der Waals surface area contributed by atoms with Crippen molar-refractivity contribution in [3.05, 3.63) is 114 Å². The number of alkyl halides is 3. The molecule has 4 N–H and O–H groups in total. The molecule has 1 saturated heterocycles. The maximum atomic E-state index is 13.8. The van der Waals surface area contributed by atoms with Crippen LogP contribution in [0.2, 0.25) is 0 Å². The summed E-state index contributed by atoms with van der Waals surface area (Å²) in [4.78, 5) is 34.3. The fraction of sp³-hybridized carbons (Fsp3) is 0.257. The zero-order valence-corrected chi connectivity index (χ0v) is 26.1. The minimum Gasteiger partial charge on any atom is -0.379 e. The number of amides is 2. The van der Waals surface area contributed by atoms with Gasteiger partial charge in [0.15, 0.2) is 0 Å². The molecule has 2 atom stereocenters. The number of hydrogen-bond acceptors (Lipinski definition) is 7. The number of benzene rings is 3. The first kappa shape index (κ1) is 33.0. The highest BCUT2D eigenvalue weighted by molar-refractivity contribution is 6.00. The number of hydrogen-bond donors (Lipinski definition) is 4. The Bertz CT molecular complexity index is 1740. The molecule has 0 aliphatic carbocycles. The van der Waals surface area contributed by atoms with Gasteiger partial charge in [0.2, 0.25) is 11.9 Å². The van der Waals surface area contributed by atoms with Crippen LogP contribution in [0.5, 0.6) is 0 Å². The number of nitrogens with one attached hydrogen (secondary N) is 4. The minimum absolute atomic E-state index is 0.0406. The van der Waals surface area contributed by atoms with Gasteiger partial charge in [0.25, 0.3) is 5.91 Å². The predicted octanol–water partition coefficient (Wildman–Crippen LogP) is 7.41. The van der Waals surface area contributed by atoms with Crippen LogP contribution >= 0.6 is 0 Å². The SMILES string of the molecule is C=CC(=O)N1CCCC(c2cccc(NC(C)c3ccc(Nc4ncc(C(F)(F)F)c(Nc5ccccc5C(=O)NC)n4)cc3)c2)C1. The number of para-hydroxylation sites is 1. The fourth-order valence-corrected chi connectivity index (χ4v) is 5.58. The summed E-state index contributed by atoms with van der Waals surface area (Å²) in [5, 5.41) is 11.7. The van der Waals surface area contributed by atoms with Crippen molar-refractivity contribution >= 4 is 40.6 Å². The van der Waals surface area contributed by atoms with E-state index in [1.165, 1.54) is 30.8 Å². The Morgan fingerprint density at radius 1 is 1.02 bits per heavy atom. The first-order valence-electron chi connectivity index (χ1n) is 15.2. The molecule has 2 heterocycles. The summed E-state index contributed by atoms with van der Waals surface area (Å²) in [6.45, 7) is 7.06. The highest BCUT2D eigenvalue weighted by Gasteiger charge is 2.35. The monoisotopic (exact) mass is 643 g/mol. The summed E-state index contributed by atoms with van der Waals surface area (Å²) >= 11 is 0. The number of anilines is 5. The highest BCUT2D eigenvalue weighted by atomic mass is 19.4. The van der Waals surface area contributed by atoms with E-state index in [-0.39, 0.29) is 35.1 Å². The molecular weight excluding hydrogens is 607 g/mol. The van der Waals surface area contributed by atoms with Crippen molar-refractivity contribution in [2.75, 3.05) is 36.1 Å². The average molecular weight is 644 g/mol. The van der Waals surface area contributed by atoms with Gasteiger partial charge in [-0.2, -0.15) is 18.2 Å². The first-order valence-corrected chi connectivity index (χ1v) is 15.2. The molecule has 244 valence electrons. The lowest BCUT2D eigenvalue weighted by atomic mass is 9.90. The lowest BCUT2D eigenvalue weighted by Crippen LogP contribution is -2.38. The summed E-state index contributed by atoms with van der Waals surface area (Å²) < 4.78 is 41.5. The highest BCUT2D eigenvalue weighted by Crippen LogP contribution is 2.36. The maximum absolute atomic E-state index is 13.8. The molecule has 1 aliphatic heterocycles. The molecule has 3 aromatic carbocycles. The molecule has 2 unspecified atom stereocenters. The van der Waals surface area contributed by atoms with Crippen LogP contribution in [0.4, 0.5) is 42.0 Å². The molecule has 0 saturated carbocycles. The van der Waals surface area contributed by atoms with E-state index in [0.29, 0.717) is 18.4 Å². The number of carbonyl (C=O) groups excluding carboxylic acids is 2. The predicted molar refractivity (Wildman–Crippen MR) is 177 cm³/mol. The molecule has 0 bridgehead atoms. The van der Waals surface area contributed by atoms with Crippen LogP contribution in [0.1, 0.15) is 58.8 Å². The van der Waals surface area contributed by atoms with Gasteiger partial charge in [-0.25, -0.2) is 4.98 Å². The van der Waals surface area contributed by atoms with Crippen molar-refractivity contribution < 1.29 is 22.8 Å². The van der Waals surface area contributed by atoms with Crippen LogP contribution in [-0.2, 0) is 11.0 Å². The number of carbonyl (C=O) groups is 2. The van der Waals surface area contributed by atoms with Gasteiger partial charge >= 0.3 is 6.18 Å². The second-order valence-corrected chi connectivity index (χ2v) is 11.3. The standard InChI is InChI=1S/C35H36F3N7O2/c1-4-31(46)45-18-8-10-25(21-45)24-9-7-11-27(19-24)41-22(2)23-14-16-26(17-15-23)42-34-40-20-29(35(36,37)38)32(44-34)43-30-13-6-5-12-28(30)33(47)39-3/h4-7,9,11-17,19-20,22,25,41H,1,8,10,18,21H2,2-3H3,(H,39,47)(H2,40,42,43,44). The Balaban J connectivity index is 1.28. The van der Waals surface area contributed by atoms with Crippen LogP contribution in [0, 0.1) is 0 Å². The zero-order valence-electron chi connectivity index (χ0n) is 26.1. The third kappa shape index (κ3) is 8.07. The number of aromatic nitrogens is 2. The zero-order chi connectivity index (χ0) is 33.6. The number of likely N-dealkylation sites (tertiary alicyclic amines) is 1. The van der Waals surface area contributed by atoms with E-state index in [1.807, 2.05) is 36.1 Å². The van der Waals surface area contributed by atoms with Crippen molar-refractivity contribution in [2.45, 2.75) is 37.9 Å². The number of nitrogens with zero attached hydrogens (tertiary/aromatic N) is 3. The molecule has 0 spiro atoms. The van der Waals surface area contributed by atoms with Gasteiger partial charge in [-0.15, -0.1) is 0 Å². The van der Waals surface area contributed by atoms with Crippen molar-refractivity contribution in [1.29, 1.82) is 0 Å². The van der Waals surface area contributed by atoms with E-state index in [9.17, 15) is 22.8 Å². The van der Waals surface area contributed by atoms with Crippen LogP contribution < -0.4 is 21.3 Å². The largest absolute Gasteiger partial charge is 0.421 e. The Kier molecular flexibility index (Phi) is 10.1. The van der Waals surface area contributed by atoms with Crippen molar-refractivity contribution in [3.8, 4) is 0 Å². The number of halogens is 3. The molecule has 1 fully saturated rings. The summed E-state index contributed by atoms with van der Waals surface area (Å²) in [5.74, 6) is -0.783. The quantitative estimate of drug-likeness (QED) is 0.133.